The summed E-state index contributed by atoms with van der Waals surface area (Å²) in [5.41, 5.74) is 0.736. The minimum absolute atomic E-state index is 0.0800. The Kier molecular flexibility index (Phi) is 2.17. The summed E-state index contributed by atoms with van der Waals surface area (Å²) in [5, 5.41) is 1.78. The van der Waals surface area contributed by atoms with Gasteiger partial charge in [-0.3, -0.25) is 4.79 Å². The van der Waals surface area contributed by atoms with Crippen LogP contribution in [-0.4, -0.2) is 10.2 Å². The number of hydrogen-bond acceptors (Lipinski definition) is 3. The Balaban J connectivity index is 2.78. The van der Waals surface area contributed by atoms with E-state index >= 15 is 0 Å². The summed E-state index contributed by atoms with van der Waals surface area (Å²) in [4.78, 5) is 11.2. The van der Waals surface area contributed by atoms with Crippen molar-refractivity contribution in [1.82, 2.24) is 4.37 Å². The fourth-order valence-electron chi connectivity index (χ4n) is 0.660. The zero-order valence-electron chi connectivity index (χ0n) is 6.00. The number of hydrogen-bond donors (Lipinski definition) is 0. The van der Waals surface area contributed by atoms with E-state index in [9.17, 15) is 4.79 Å². The topological polar surface area (TPSA) is 30.0 Å². The fraction of sp³-hybridized carbons (Fsp3) is 0.429. The van der Waals surface area contributed by atoms with E-state index in [1.54, 1.807) is 11.6 Å². The highest BCUT2D eigenvalue weighted by Gasteiger charge is 2.09. The molecule has 0 saturated heterocycles. The minimum Gasteiger partial charge on any atom is -0.294 e. The number of carbonyl (C=O) groups is 1. The van der Waals surface area contributed by atoms with Crippen LogP contribution in [0.3, 0.4) is 0 Å². The highest BCUT2D eigenvalue weighted by atomic mass is 32.1. The summed E-state index contributed by atoms with van der Waals surface area (Å²) >= 11 is 1.31. The van der Waals surface area contributed by atoms with Gasteiger partial charge in [0.1, 0.15) is 0 Å². The maximum absolute atomic E-state index is 11.2. The third-order valence-corrected chi connectivity index (χ3v) is 1.83. The molecule has 0 aliphatic carbocycles. The highest BCUT2D eigenvalue weighted by Crippen LogP contribution is 2.08. The molecule has 1 aromatic heterocycles. The first-order chi connectivity index (χ1) is 4.72. The van der Waals surface area contributed by atoms with Crippen LogP contribution in [0, 0.1) is 5.92 Å². The van der Waals surface area contributed by atoms with E-state index in [0.29, 0.717) is 0 Å². The Labute approximate surface area is 64.1 Å². The molecule has 3 heteroatoms. The van der Waals surface area contributed by atoms with Crippen LogP contribution in [0.1, 0.15) is 24.2 Å². The number of Topliss-reactive ketones (excluding diaryl/α,β-unsaturated/α-hetero) is 1. The molecular weight excluding hydrogens is 146 g/mol. The zero-order chi connectivity index (χ0) is 7.56. The van der Waals surface area contributed by atoms with E-state index in [4.69, 9.17) is 0 Å². The summed E-state index contributed by atoms with van der Waals surface area (Å²) in [6.45, 7) is 3.78. The third kappa shape index (κ3) is 1.42. The summed E-state index contributed by atoms with van der Waals surface area (Å²) in [6, 6.07) is 0. The standard InChI is InChI=1S/C7H9NOS/c1-5(2)7(9)6-3-8-10-4-6/h3-5H,1-2H3. The van der Waals surface area contributed by atoms with Crippen molar-refractivity contribution in [3.63, 3.8) is 0 Å². The first-order valence-electron chi connectivity index (χ1n) is 3.15. The van der Waals surface area contributed by atoms with Gasteiger partial charge in [-0.1, -0.05) is 13.8 Å². The molecule has 54 valence electrons. The minimum atomic E-state index is 0.0800. The summed E-state index contributed by atoms with van der Waals surface area (Å²) < 4.78 is 3.85. The van der Waals surface area contributed by atoms with Crippen molar-refractivity contribution in [3.8, 4) is 0 Å². The summed E-state index contributed by atoms with van der Waals surface area (Å²) in [5.74, 6) is 0.255. The lowest BCUT2D eigenvalue weighted by Gasteiger charge is -1.97. The maximum atomic E-state index is 11.2. The first kappa shape index (κ1) is 7.41. The van der Waals surface area contributed by atoms with Gasteiger partial charge in [-0.25, -0.2) is 4.37 Å². The van der Waals surface area contributed by atoms with Crippen molar-refractivity contribution in [2.24, 2.45) is 5.92 Å². The normalized spacial score (nSPS) is 10.3. The molecule has 0 aliphatic heterocycles. The lowest BCUT2D eigenvalue weighted by atomic mass is 10.1. The summed E-state index contributed by atoms with van der Waals surface area (Å²) in [7, 11) is 0. The predicted molar refractivity (Wildman–Crippen MR) is 41.3 cm³/mol. The number of rotatable bonds is 2. The average Bonchev–Trinajstić information content (AvgIpc) is 2.36. The molecular formula is C7H9NOS. The molecule has 0 aromatic carbocycles. The Hall–Kier alpha value is -0.700. The van der Waals surface area contributed by atoms with E-state index in [0.717, 1.165) is 5.56 Å². The molecule has 0 radical (unpaired) electrons. The molecule has 0 spiro atoms. The van der Waals surface area contributed by atoms with Gasteiger partial charge in [0.15, 0.2) is 5.78 Å². The summed E-state index contributed by atoms with van der Waals surface area (Å²) in [6.07, 6.45) is 1.62. The van der Waals surface area contributed by atoms with Crippen molar-refractivity contribution in [1.29, 1.82) is 0 Å². The molecule has 0 unspecified atom stereocenters. The van der Waals surface area contributed by atoms with Gasteiger partial charge < -0.3 is 0 Å². The molecule has 0 atom stereocenters. The highest BCUT2D eigenvalue weighted by molar-refractivity contribution is 7.03. The molecule has 0 fully saturated rings. The second-order valence-electron chi connectivity index (χ2n) is 2.43. The predicted octanol–water partition coefficient (Wildman–Crippen LogP) is 1.98. The Morgan fingerprint density at radius 3 is 2.80 bits per heavy atom. The van der Waals surface area contributed by atoms with Gasteiger partial charge >= 0.3 is 0 Å². The molecule has 0 saturated carbocycles. The van der Waals surface area contributed by atoms with Crippen LogP contribution in [-0.2, 0) is 0 Å². The molecule has 1 rings (SSSR count). The van der Waals surface area contributed by atoms with Crippen LogP contribution in [0.2, 0.25) is 0 Å². The second-order valence-corrected chi connectivity index (χ2v) is 3.09. The van der Waals surface area contributed by atoms with Gasteiger partial charge in [-0.05, 0) is 11.5 Å². The van der Waals surface area contributed by atoms with Crippen LogP contribution >= 0.6 is 11.5 Å². The van der Waals surface area contributed by atoms with Gasteiger partial charge in [0.2, 0.25) is 0 Å². The number of aromatic nitrogens is 1. The first-order valence-corrected chi connectivity index (χ1v) is 3.99. The molecule has 0 amide bonds. The fourth-order valence-corrected chi connectivity index (χ4v) is 1.19. The molecule has 0 N–H and O–H groups in total. The van der Waals surface area contributed by atoms with Gasteiger partial charge in [0.05, 0.1) is 6.20 Å². The quantitative estimate of drug-likeness (QED) is 0.611. The maximum Gasteiger partial charge on any atom is 0.167 e. The van der Waals surface area contributed by atoms with Crippen molar-refractivity contribution >= 4 is 17.3 Å². The van der Waals surface area contributed by atoms with E-state index in [-0.39, 0.29) is 11.7 Å². The van der Waals surface area contributed by atoms with E-state index in [2.05, 4.69) is 4.37 Å². The Morgan fingerprint density at radius 2 is 2.40 bits per heavy atom. The van der Waals surface area contributed by atoms with Crippen LogP contribution in [0.25, 0.3) is 0 Å². The van der Waals surface area contributed by atoms with Crippen LogP contribution < -0.4 is 0 Å². The second kappa shape index (κ2) is 2.92. The van der Waals surface area contributed by atoms with Crippen molar-refractivity contribution in [2.75, 3.05) is 0 Å². The van der Waals surface area contributed by atoms with Gasteiger partial charge in [0, 0.05) is 16.9 Å². The van der Waals surface area contributed by atoms with E-state index in [1.807, 2.05) is 13.8 Å². The molecule has 0 aliphatic rings. The van der Waals surface area contributed by atoms with Crippen LogP contribution in [0.15, 0.2) is 11.6 Å². The Morgan fingerprint density at radius 1 is 1.70 bits per heavy atom. The smallest absolute Gasteiger partial charge is 0.167 e. The van der Waals surface area contributed by atoms with Gasteiger partial charge in [0.25, 0.3) is 0 Å². The van der Waals surface area contributed by atoms with Crippen LogP contribution in [0.4, 0.5) is 0 Å². The third-order valence-electron chi connectivity index (χ3n) is 1.24. The van der Waals surface area contributed by atoms with Crippen LogP contribution in [0.5, 0.6) is 0 Å². The molecule has 2 nitrogen and oxygen atoms in total. The zero-order valence-corrected chi connectivity index (χ0v) is 6.81. The molecule has 1 heterocycles. The SMILES string of the molecule is CC(C)C(=O)c1cnsc1. The number of ketones is 1. The van der Waals surface area contributed by atoms with E-state index < -0.39 is 0 Å². The Bertz CT molecular complexity index is 216. The number of nitrogens with zero attached hydrogens (tertiary/aromatic N) is 1. The molecule has 0 bridgehead atoms. The van der Waals surface area contributed by atoms with Crippen molar-refractivity contribution < 1.29 is 4.79 Å². The van der Waals surface area contributed by atoms with Gasteiger partial charge in [-0.15, -0.1) is 0 Å². The lowest BCUT2D eigenvalue weighted by Crippen LogP contribution is -2.05. The van der Waals surface area contributed by atoms with Gasteiger partial charge in [-0.2, -0.15) is 0 Å². The number of carbonyl (C=O) groups excluding carboxylic acids is 1. The molecule has 10 heavy (non-hydrogen) atoms. The van der Waals surface area contributed by atoms with Crippen molar-refractivity contribution in [2.45, 2.75) is 13.8 Å². The largest absolute Gasteiger partial charge is 0.294 e. The molecule has 1 aromatic rings. The average molecular weight is 155 g/mol. The monoisotopic (exact) mass is 155 g/mol. The van der Waals surface area contributed by atoms with Crippen molar-refractivity contribution in [3.05, 3.63) is 17.1 Å². The van der Waals surface area contributed by atoms with E-state index in [1.165, 1.54) is 11.5 Å². The lowest BCUT2D eigenvalue weighted by molar-refractivity contribution is 0.0939.